The van der Waals surface area contributed by atoms with Gasteiger partial charge >= 0.3 is 0 Å². The quantitative estimate of drug-likeness (QED) is 0.462. The first-order valence-electron chi connectivity index (χ1n) is 8.04. The maximum absolute atomic E-state index is 12.0. The maximum Gasteiger partial charge on any atom is 0.293 e. The van der Waals surface area contributed by atoms with Crippen LogP contribution in [0.15, 0.2) is 18.2 Å². The van der Waals surface area contributed by atoms with Gasteiger partial charge < -0.3 is 16.0 Å². The molecular formula is C16H25ClN4O3. The lowest BCUT2D eigenvalue weighted by Gasteiger charge is -2.31. The Balaban J connectivity index is 0.00000288. The zero-order valence-corrected chi connectivity index (χ0v) is 14.7. The van der Waals surface area contributed by atoms with Crippen LogP contribution < -0.4 is 16.0 Å². The van der Waals surface area contributed by atoms with Crippen LogP contribution in [0.5, 0.6) is 0 Å². The van der Waals surface area contributed by atoms with Gasteiger partial charge in [-0.05, 0) is 43.9 Å². The van der Waals surface area contributed by atoms with Crippen LogP contribution in [0.4, 0.5) is 11.4 Å². The molecule has 7 nitrogen and oxygen atoms in total. The SMILES string of the molecule is CC1CCN(c2ccc(C(=O)NCCCN)cc2[N+](=O)[O-])CC1.Cl. The summed E-state index contributed by atoms with van der Waals surface area (Å²) in [5.41, 5.74) is 6.28. The molecule has 1 saturated heterocycles. The van der Waals surface area contributed by atoms with Crippen LogP contribution in [-0.4, -0.2) is 37.0 Å². The van der Waals surface area contributed by atoms with Crippen molar-refractivity contribution >= 4 is 29.7 Å². The molecule has 0 unspecified atom stereocenters. The fourth-order valence-corrected chi connectivity index (χ4v) is 2.73. The summed E-state index contributed by atoms with van der Waals surface area (Å²) in [5.74, 6) is 0.346. The number of hydrogen-bond donors (Lipinski definition) is 2. The highest BCUT2D eigenvalue weighted by atomic mass is 35.5. The molecule has 0 aromatic heterocycles. The molecule has 1 aliphatic rings. The van der Waals surface area contributed by atoms with Crippen LogP contribution in [0.3, 0.4) is 0 Å². The van der Waals surface area contributed by atoms with Gasteiger partial charge in [-0.3, -0.25) is 14.9 Å². The summed E-state index contributed by atoms with van der Waals surface area (Å²) in [6.07, 6.45) is 2.73. The Morgan fingerprint density at radius 2 is 2.08 bits per heavy atom. The van der Waals surface area contributed by atoms with Crippen molar-refractivity contribution in [1.29, 1.82) is 0 Å². The Morgan fingerprint density at radius 1 is 1.42 bits per heavy atom. The van der Waals surface area contributed by atoms with E-state index < -0.39 is 4.92 Å². The van der Waals surface area contributed by atoms with Gasteiger partial charge in [0.15, 0.2) is 0 Å². The van der Waals surface area contributed by atoms with E-state index in [4.69, 9.17) is 5.73 Å². The number of anilines is 1. The molecule has 1 amide bonds. The largest absolute Gasteiger partial charge is 0.366 e. The van der Waals surface area contributed by atoms with Gasteiger partial charge in [-0.2, -0.15) is 0 Å². The number of carbonyl (C=O) groups is 1. The molecular weight excluding hydrogens is 332 g/mol. The predicted molar refractivity (Wildman–Crippen MR) is 97.0 cm³/mol. The lowest BCUT2D eigenvalue weighted by Crippen LogP contribution is -2.33. The summed E-state index contributed by atoms with van der Waals surface area (Å²) >= 11 is 0. The van der Waals surface area contributed by atoms with E-state index in [9.17, 15) is 14.9 Å². The van der Waals surface area contributed by atoms with E-state index in [2.05, 4.69) is 12.2 Å². The second kappa shape index (κ2) is 9.44. The molecule has 0 spiro atoms. The van der Waals surface area contributed by atoms with E-state index in [-0.39, 0.29) is 24.0 Å². The zero-order valence-electron chi connectivity index (χ0n) is 13.9. The number of halogens is 1. The average molecular weight is 357 g/mol. The van der Waals surface area contributed by atoms with Gasteiger partial charge in [0.2, 0.25) is 0 Å². The van der Waals surface area contributed by atoms with Gasteiger partial charge in [0.25, 0.3) is 11.6 Å². The Labute approximate surface area is 148 Å². The number of nitrogens with two attached hydrogens (primary N) is 1. The van der Waals surface area contributed by atoms with Crippen LogP contribution in [0, 0.1) is 16.0 Å². The van der Waals surface area contributed by atoms with Crippen molar-refractivity contribution in [1.82, 2.24) is 5.32 Å². The number of hydrogen-bond acceptors (Lipinski definition) is 5. The number of nitrogens with one attached hydrogen (secondary N) is 1. The number of nitro benzene ring substituents is 1. The Bertz CT molecular complexity index is 574. The van der Waals surface area contributed by atoms with Gasteiger partial charge in [0.1, 0.15) is 5.69 Å². The van der Waals surface area contributed by atoms with E-state index >= 15 is 0 Å². The minimum Gasteiger partial charge on any atom is -0.366 e. The number of nitro groups is 1. The first-order chi connectivity index (χ1) is 11.0. The van der Waals surface area contributed by atoms with Crippen molar-refractivity contribution in [2.45, 2.75) is 26.2 Å². The summed E-state index contributed by atoms with van der Waals surface area (Å²) in [5, 5.41) is 14.1. The fourth-order valence-electron chi connectivity index (χ4n) is 2.73. The zero-order chi connectivity index (χ0) is 16.8. The molecule has 24 heavy (non-hydrogen) atoms. The molecule has 0 atom stereocenters. The van der Waals surface area contributed by atoms with Crippen molar-refractivity contribution in [3.63, 3.8) is 0 Å². The molecule has 2 rings (SSSR count). The average Bonchev–Trinajstić information content (AvgIpc) is 2.55. The monoisotopic (exact) mass is 356 g/mol. The summed E-state index contributed by atoms with van der Waals surface area (Å²) in [6.45, 7) is 4.77. The highest BCUT2D eigenvalue weighted by Crippen LogP contribution is 2.32. The van der Waals surface area contributed by atoms with Crippen molar-refractivity contribution < 1.29 is 9.72 Å². The standard InChI is InChI=1S/C16H24N4O3.ClH/c1-12-5-9-19(10-6-12)14-4-3-13(11-15(14)20(22)23)16(21)18-8-2-7-17;/h3-4,11-12H,2,5-10,17H2,1H3,(H,18,21);1H. The number of piperidine rings is 1. The molecule has 134 valence electrons. The number of amides is 1. The molecule has 3 N–H and O–H groups in total. The summed E-state index contributed by atoms with van der Waals surface area (Å²) in [4.78, 5) is 25.1. The molecule has 1 aromatic carbocycles. The molecule has 1 fully saturated rings. The maximum atomic E-state index is 12.0. The first-order valence-corrected chi connectivity index (χ1v) is 8.04. The summed E-state index contributed by atoms with van der Waals surface area (Å²) in [7, 11) is 0. The lowest BCUT2D eigenvalue weighted by atomic mass is 9.98. The normalized spacial score (nSPS) is 14.8. The molecule has 1 aromatic rings. The molecule has 1 aliphatic heterocycles. The minimum absolute atomic E-state index is 0. The number of benzene rings is 1. The van der Waals surface area contributed by atoms with E-state index in [1.54, 1.807) is 12.1 Å². The Morgan fingerprint density at radius 3 is 2.67 bits per heavy atom. The molecule has 0 saturated carbocycles. The van der Waals surface area contributed by atoms with Crippen LogP contribution in [0.1, 0.15) is 36.5 Å². The van der Waals surface area contributed by atoms with Crippen LogP contribution in [0.2, 0.25) is 0 Å². The van der Waals surface area contributed by atoms with Crippen molar-refractivity contribution in [2.75, 3.05) is 31.1 Å². The van der Waals surface area contributed by atoms with Crippen LogP contribution >= 0.6 is 12.4 Å². The van der Waals surface area contributed by atoms with Crippen molar-refractivity contribution in [2.24, 2.45) is 11.7 Å². The molecule has 1 heterocycles. The fraction of sp³-hybridized carbons (Fsp3) is 0.562. The van der Waals surface area contributed by atoms with Crippen molar-refractivity contribution in [3.8, 4) is 0 Å². The van der Waals surface area contributed by atoms with Gasteiger partial charge in [-0.25, -0.2) is 0 Å². The Hall–Kier alpha value is -1.86. The third-order valence-electron chi connectivity index (χ3n) is 4.23. The first kappa shape index (κ1) is 20.2. The van der Waals surface area contributed by atoms with E-state index in [0.717, 1.165) is 25.9 Å². The second-order valence-corrected chi connectivity index (χ2v) is 6.03. The lowest BCUT2D eigenvalue weighted by molar-refractivity contribution is -0.384. The van der Waals surface area contributed by atoms with E-state index in [1.165, 1.54) is 6.07 Å². The smallest absolute Gasteiger partial charge is 0.293 e. The number of rotatable bonds is 6. The topological polar surface area (TPSA) is 102 Å². The van der Waals surface area contributed by atoms with Gasteiger partial charge in [0.05, 0.1) is 4.92 Å². The number of nitrogens with zero attached hydrogens (tertiary/aromatic N) is 2. The summed E-state index contributed by atoms with van der Waals surface area (Å²) in [6, 6.07) is 4.70. The Kier molecular flexibility index (Phi) is 7.94. The molecule has 0 aliphatic carbocycles. The second-order valence-electron chi connectivity index (χ2n) is 6.03. The van der Waals surface area contributed by atoms with E-state index in [0.29, 0.717) is 36.7 Å². The minimum atomic E-state index is -0.413. The molecule has 0 radical (unpaired) electrons. The predicted octanol–water partition coefficient (Wildman–Crippen LogP) is 2.33. The van der Waals surface area contributed by atoms with Gasteiger partial charge in [-0.15, -0.1) is 12.4 Å². The van der Waals surface area contributed by atoms with E-state index in [1.807, 2.05) is 4.90 Å². The van der Waals surface area contributed by atoms with Gasteiger partial charge in [-0.1, -0.05) is 6.92 Å². The van der Waals surface area contributed by atoms with Crippen LogP contribution in [-0.2, 0) is 0 Å². The highest BCUT2D eigenvalue weighted by Gasteiger charge is 2.24. The highest BCUT2D eigenvalue weighted by molar-refractivity contribution is 5.95. The molecule has 0 bridgehead atoms. The third kappa shape index (κ3) is 5.07. The number of carbonyl (C=O) groups excluding carboxylic acids is 1. The summed E-state index contributed by atoms with van der Waals surface area (Å²) < 4.78 is 0. The van der Waals surface area contributed by atoms with Crippen LogP contribution in [0.25, 0.3) is 0 Å². The third-order valence-corrected chi connectivity index (χ3v) is 4.23. The van der Waals surface area contributed by atoms with Crippen molar-refractivity contribution in [3.05, 3.63) is 33.9 Å². The molecule has 8 heteroatoms. The van der Waals surface area contributed by atoms with Gasteiger partial charge in [0, 0.05) is 31.3 Å².